The second kappa shape index (κ2) is 7.53. The number of aryl methyl sites for hydroxylation is 2. The van der Waals surface area contributed by atoms with E-state index in [0.717, 1.165) is 12.0 Å². The molecule has 128 valence electrons. The largest absolute Gasteiger partial charge is 0.441 e. The van der Waals surface area contributed by atoms with Gasteiger partial charge in [0.15, 0.2) is 5.69 Å². The van der Waals surface area contributed by atoms with Crippen molar-refractivity contribution in [2.24, 2.45) is 0 Å². The van der Waals surface area contributed by atoms with Crippen LogP contribution in [0, 0.1) is 13.8 Å². The van der Waals surface area contributed by atoms with Crippen LogP contribution in [0.15, 0.2) is 52.9 Å². The molecule has 0 aliphatic heterocycles. The van der Waals surface area contributed by atoms with E-state index in [9.17, 15) is 4.79 Å². The molecule has 0 fully saturated rings. The Morgan fingerprint density at radius 3 is 2.44 bits per heavy atom. The molecule has 0 spiro atoms. The predicted octanol–water partition coefficient (Wildman–Crippen LogP) is 4.58. The van der Waals surface area contributed by atoms with Crippen LogP contribution in [0.2, 0.25) is 5.02 Å². The summed E-state index contributed by atoms with van der Waals surface area (Å²) in [5, 5.41) is 3.53. The van der Waals surface area contributed by atoms with Gasteiger partial charge >= 0.3 is 0 Å². The number of carbonyl (C=O) groups is 1. The van der Waals surface area contributed by atoms with E-state index in [0.29, 0.717) is 28.9 Å². The predicted molar refractivity (Wildman–Crippen MR) is 98.9 cm³/mol. The second-order valence-electron chi connectivity index (χ2n) is 5.92. The zero-order valence-corrected chi connectivity index (χ0v) is 14.9. The van der Waals surface area contributed by atoms with Crippen molar-refractivity contribution in [1.29, 1.82) is 0 Å². The van der Waals surface area contributed by atoms with Gasteiger partial charge in [0.05, 0.1) is 0 Å². The van der Waals surface area contributed by atoms with Crippen LogP contribution >= 0.6 is 11.6 Å². The zero-order chi connectivity index (χ0) is 17.8. The van der Waals surface area contributed by atoms with Gasteiger partial charge in [-0.05, 0) is 50.1 Å². The molecule has 1 N–H and O–H groups in total. The molecule has 0 bridgehead atoms. The number of nitrogens with one attached hydrogen (secondary N) is 1. The number of nitrogens with zero attached hydrogens (tertiary/aromatic N) is 1. The Balaban J connectivity index is 1.64. The van der Waals surface area contributed by atoms with E-state index in [1.165, 1.54) is 11.1 Å². The molecule has 0 aliphatic carbocycles. The Hall–Kier alpha value is -2.59. The van der Waals surface area contributed by atoms with Crippen LogP contribution in [0.4, 0.5) is 0 Å². The van der Waals surface area contributed by atoms with Gasteiger partial charge in [-0.3, -0.25) is 4.79 Å². The van der Waals surface area contributed by atoms with Crippen molar-refractivity contribution in [3.63, 3.8) is 0 Å². The topological polar surface area (TPSA) is 55.1 Å². The molecule has 0 atom stereocenters. The molecule has 4 nitrogen and oxygen atoms in total. The van der Waals surface area contributed by atoms with E-state index < -0.39 is 0 Å². The summed E-state index contributed by atoms with van der Waals surface area (Å²) in [5.74, 6) is 0.684. The fourth-order valence-corrected chi connectivity index (χ4v) is 2.61. The van der Waals surface area contributed by atoms with Gasteiger partial charge in [0.2, 0.25) is 5.89 Å². The zero-order valence-electron chi connectivity index (χ0n) is 14.2. The van der Waals surface area contributed by atoms with E-state index in [2.05, 4.69) is 41.5 Å². The normalized spacial score (nSPS) is 10.7. The van der Waals surface area contributed by atoms with E-state index >= 15 is 0 Å². The molecular formula is C20H19ClN2O2. The average Bonchev–Trinajstić information content (AvgIpc) is 2.99. The van der Waals surface area contributed by atoms with Crippen molar-refractivity contribution in [3.8, 4) is 11.5 Å². The van der Waals surface area contributed by atoms with Gasteiger partial charge in [-0.15, -0.1) is 0 Å². The lowest BCUT2D eigenvalue weighted by Crippen LogP contribution is -2.26. The molecule has 3 aromatic rings. The number of aromatic nitrogens is 1. The van der Waals surface area contributed by atoms with Crippen molar-refractivity contribution >= 4 is 17.5 Å². The second-order valence-corrected chi connectivity index (χ2v) is 6.36. The highest BCUT2D eigenvalue weighted by Gasteiger charge is 2.17. The molecule has 0 saturated heterocycles. The summed E-state index contributed by atoms with van der Waals surface area (Å²) < 4.78 is 5.62. The summed E-state index contributed by atoms with van der Waals surface area (Å²) in [6.07, 6.45) is 0.771. The fourth-order valence-electron chi connectivity index (χ4n) is 2.48. The lowest BCUT2D eigenvalue weighted by atomic mass is 10.1. The number of hydrogen-bond acceptors (Lipinski definition) is 3. The summed E-state index contributed by atoms with van der Waals surface area (Å²) >= 11 is 5.89. The lowest BCUT2D eigenvalue weighted by molar-refractivity contribution is 0.0948. The minimum Gasteiger partial charge on any atom is -0.441 e. The summed E-state index contributed by atoms with van der Waals surface area (Å²) in [4.78, 5) is 16.7. The monoisotopic (exact) mass is 354 g/mol. The third kappa shape index (κ3) is 4.28. The summed E-state index contributed by atoms with van der Waals surface area (Å²) in [6.45, 7) is 4.34. The number of halogens is 1. The third-order valence-corrected chi connectivity index (χ3v) is 4.17. The molecule has 0 unspecified atom stereocenters. The minimum absolute atomic E-state index is 0.228. The highest BCUT2D eigenvalue weighted by atomic mass is 35.5. The van der Waals surface area contributed by atoms with Crippen molar-refractivity contribution < 1.29 is 9.21 Å². The highest BCUT2D eigenvalue weighted by molar-refractivity contribution is 6.30. The number of hydrogen-bond donors (Lipinski definition) is 1. The van der Waals surface area contributed by atoms with E-state index in [-0.39, 0.29) is 5.91 Å². The van der Waals surface area contributed by atoms with Crippen LogP contribution in [0.5, 0.6) is 0 Å². The molecular weight excluding hydrogens is 336 g/mol. The van der Waals surface area contributed by atoms with E-state index in [4.69, 9.17) is 16.0 Å². The first kappa shape index (κ1) is 17.2. The molecule has 1 heterocycles. The Bertz CT molecular complexity index is 868. The molecule has 0 radical (unpaired) electrons. The third-order valence-electron chi connectivity index (χ3n) is 3.92. The van der Waals surface area contributed by atoms with Crippen LogP contribution in [-0.4, -0.2) is 17.4 Å². The maximum absolute atomic E-state index is 12.4. The first-order valence-corrected chi connectivity index (χ1v) is 8.48. The van der Waals surface area contributed by atoms with Gasteiger partial charge in [0.1, 0.15) is 5.76 Å². The van der Waals surface area contributed by atoms with Crippen molar-refractivity contribution in [2.75, 3.05) is 6.54 Å². The standard InChI is InChI=1S/C20H19ClN2O2/c1-13-3-5-15(6-4-13)11-12-22-19(24)18-14(2)25-20(23-18)16-7-9-17(21)10-8-16/h3-10H,11-12H2,1-2H3,(H,22,24). The lowest BCUT2D eigenvalue weighted by Gasteiger charge is -2.04. The van der Waals surface area contributed by atoms with E-state index in [1.54, 1.807) is 19.1 Å². The average molecular weight is 355 g/mol. The Morgan fingerprint density at radius 2 is 1.76 bits per heavy atom. The van der Waals surface area contributed by atoms with Gasteiger partial charge in [-0.1, -0.05) is 41.4 Å². The molecule has 25 heavy (non-hydrogen) atoms. The first-order chi connectivity index (χ1) is 12.0. The number of carbonyl (C=O) groups excluding carboxylic acids is 1. The number of oxazole rings is 1. The van der Waals surface area contributed by atoms with Crippen molar-refractivity contribution in [3.05, 3.63) is 76.1 Å². The van der Waals surface area contributed by atoms with E-state index in [1.807, 2.05) is 12.1 Å². The smallest absolute Gasteiger partial charge is 0.273 e. The number of amides is 1. The van der Waals surface area contributed by atoms with Crippen LogP contribution in [0.3, 0.4) is 0 Å². The Kier molecular flexibility index (Phi) is 5.19. The van der Waals surface area contributed by atoms with Crippen molar-refractivity contribution in [2.45, 2.75) is 20.3 Å². The molecule has 0 aliphatic rings. The Morgan fingerprint density at radius 1 is 1.08 bits per heavy atom. The SMILES string of the molecule is Cc1ccc(CCNC(=O)c2nc(-c3ccc(Cl)cc3)oc2C)cc1. The van der Waals surface area contributed by atoms with Gasteiger partial charge in [-0.2, -0.15) is 0 Å². The summed E-state index contributed by atoms with van der Waals surface area (Å²) in [5.41, 5.74) is 3.51. The summed E-state index contributed by atoms with van der Waals surface area (Å²) in [7, 11) is 0. The van der Waals surface area contributed by atoms with Gasteiger partial charge < -0.3 is 9.73 Å². The number of benzene rings is 2. The van der Waals surface area contributed by atoms with Gasteiger partial charge in [0, 0.05) is 17.1 Å². The quantitative estimate of drug-likeness (QED) is 0.729. The molecule has 3 rings (SSSR count). The minimum atomic E-state index is -0.228. The van der Waals surface area contributed by atoms with Gasteiger partial charge in [-0.25, -0.2) is 4.98 Å². The maximum Gasteiger partial charge on any atom is 0.273 e. The van der Waals surface area contributed by atoms with Crippen LogP contribution < -0.4 is 5.32 Å². The van der Waals surface area contributed by atoms with Crippen LogP contribution in [-0.2, 0) is 6.42 Å². The van der Waals surface area contributed by atoms with Gasteiger partial charge in [0.25, 0.3) is 5.91 Å². The maximum atomic E-state index is 12.4. The molecule has 5 heteroatoms. The van der Waals surface area contributed by atoms with Crippen molar-refractivity contribution in [1.82, 2.24) is 10.3 Å². The molecule has 1 amide bonds. The van der Waals surface area contributed by atoms with Crippen LogP contribution in [0.25, 0.3) is 11.5 Å². The molecule has 2 aromatic carbocycles. The fraction of sp³-hybridized carbons (Fsp3) is 0.200. The summed E-state index contributed by atoms with van der Waals surface area (Å²) in [6, 6.07) is 15.4. The molecule has 1 aromatic heterocycles. The first-order valence-electron chi connectivity index (χ1n) is 8.10. The highest BCUT2D eigenvalue weighted by Crippen LogP contribution is 2.23. The Labute approximate surface area is 151 Å². The number of rotatable bonds is 5. The molecule has 0 saturated carbocycles. The van der Waals surface area contributed by atoms with Crippen LogP contribution in [0.1, 0.15) is 27.4 Å².